The molecule has 10 heteroatoms. The van der Waals surface area contributed by atoms with Gasteiger partial charge in [-0.05, 0) is 23.9 Å². The fraction of sp³-hybridized carbons (Fsp3) is 0.467. The highest BCUT2D eigenvalue weighted by molar-refractivity contribution is 7.12. The molecule has 2 aromatic heterocycles. The fourth-order valence-corrected chi connectivity index (χ4v) is 3.74. The first kappa shape index (κ1) is 17.5. The quantitative estimate of drug-likeness (QED) is 0.887. The molecular weight excluding hydrogens is 352 g/mol. The predicted molar refractivity (Wildman–Crippen MR) is 86.9 cm³/mol. The van der Waals surface area contributed by atoms with Crippen LogP contribution in [-0.2, 0) is 6.54 Å². The predicted octanol–water partition coefficient (Wildman–Crippen LogP) is 1.56. The third-order valence-corrected chi connectivity index (χ3v) is 5.09. The van der Waals surface area contributed by atoms with Crippen molar-refractivity contribution in [2.24, 2.45) is 0 Å². The molecule has 1 fully saturated rings. The Morgan fingerprint density at radius 3 is 2.88 bits per heavy atom. The Morgan fingerprint density at radius 1 is 1.48 bits per heavy atom. The third kappa shape index (κ3) is 3.53. The second kappa shape index (κ2) is 6.51. The lowest BCUT2D eigenvalue weighted by atomic mass is 10.2. The Kier molecular flexibility index (Phi) is 4.55. The summed E-state index contributed by atoms with van der Waals surface area (Å²) in [6, 6.07) is 1.07. The van der Waals surface area contributed by atoms with E-state index in [1.165, 1.54) is 34.2 Å². The average molecular weight is 369 g/mol. The molecule has 1 N–H and O–H groups in total. The number of aromatic nitrogens is 3. The van der Waals surface area contributed by atoms with Gasteiger partial charge in [0, 0.05) is 13.5 Å². The molecule has 3 heterocycles. The number of rotatable bonds is 4. The van der Waals surface area contributed by atoms with Gasteiger partial charge in [-0.15, -0.1) is 16.4 Å². The number of aryl methyl sites for hydroxylation is 1. The number of amides is 2. The highest BCUT2D eigenvalue weighted by Gasteiger charge is 2.47. The van der Waals surface area contributed by atoms with E-state index in [0.717, 1.165) is 5.56 Å². The average Bonchev–Trinajstić information content (AvgIpc) is 3.25. The van der Waals surface area contributed by atoms with E-state index < -0.39 is 36.7 Å². The van der Waals surface area contributed by atoms with Crippen molar-refractivity contribution in [1.82, 2.24) is 25.2 Å². The standard InChI is InChI=1S/C15H17F2N5O2S/c1-9-3-4-25-12(9)14(24)22-8-15(16,17)5-10(22)6-21-7-11(19-20-21)13(23)18-2/h3-4,7,10H,5-6,8H2,1-2H3,(H,18,23)/t10-/m0/s1. The van der Waals surface area contributed by atoms with Crippen LogP contribution in [0, 0.1) is 6.92 Å². The van der Waals surface area contributed by atoms with Crippen molar-refractivity contribution in [3.63, 3.8) is 0 Å². The first-order valence-corrected chi connectivity index (χ1v) is 8.54. The SMILES string of the molecule is CNC(=O)c1cn(C[C@@H]2CC(F)(F)CN2C(=O)c2sccc2C)nn1. The number of thiophene rings is 1. The molecule has 0 spiro atoms. The van der Waals surface area contributed by atoms with Gasteiger partial charge in [0.2, 0.25) is 0 Å². The van der Waals surface area contributed by atoms with Crippen molar-refractivity contribution in [2.45, 2.75) is 31.9 Å². The van der Waals surface area contributed by atoms with Gasteiger partial charge >= 0.3 is 0 Å². The van der Waals surface area contributed by atoms with Crippen LogP contribution in [0.25, 0.3) is 0 Å². The molecule has 0 radical (unpaired) electrons. The van der Waals surface area contributed by atoms with E-state index >= 15 is 0 Å². The molecule has 0 saturated carbocycles. The molecule has 1 atom stereocenters. The summed E-state index contributed by atoms with van der Waals surface area (Å²) in [4.78, 5) is 25.9. The summed E-state index contributed by atoms with van der Waals surface area (Å²) in [6.45, 7) is 1.21. The minimum absolute atomic E-state index is 0.0513. The van der Waals surface area contributed by atoms with Gasteiger partial charge in [-0.2, -0.15) is 0 Å². The number of nitrogens with one attached hydrogen (secondary N) is 1. The summed E-state index contributed by atoms with van der Waals surface area (Å²) in [5.74, 6) is -3.76. The van der Waals surface area contributed by atoms with Crippen LogP contribution < -0.4 is 5.32 Å². The molecular formula is C15H17F2N5O2S. The summed E-state index contributed by atoms with van der Waals surface area (Å²) in [7, 11) is 1.46. The van der Waals surface area contributed by atoms with Gasteiger partial charge in [0.1, 0.15) is 0 Å². The van der Waals surface area contributed by atoms with Crippen molar-refractivity contribution in [3.05, 3.63) is 33.8 Å². The van der Waals surface area contributed by atoms with Gasteiger partial charge in [-0.1, -0.05) is 5.21 Å². The zero-order chi connectivity index (χ0) is 18.2. The van der Waals surface area contributed by atoms with Crippen LogP contribution in [0.15, 0.2) is 17.6 Å². The molecule has 0 unspecified atom stereocenters. The second-order valence-electron chi connectivity index (χ2n) is 5.98. The second-order valence-corrected chi connectivity index (χ2v) is 6.90. The van der Waals surface area contributed by atoms with Gasteiger partial charge < -0.3 is 10.2 Å². The van der Waals surface area contributed by atoms with Crippen molar-refractivity contribution < 1.29 is 18.4 Å². The van der Waals surface area contributed by atoms with Crippen LogP contribution in [0.4, 0.5) is 8.78 Å². The largest absolute Gasteiger partial charge is 0.354 e. The van der Waals surface area contributed by atoms with Crippen molar-refractivity contribution >= 4 is 23.2 Å². The minimum atomic E-state index is -2.95. The van der Waals surface area contributed by atoms with Crippen LogP contribution in [0.5, 0.6) is 0 Å². The number of alkyl halides is 2. The zero-order valence-electron chi connectivity index (χ0n) is 13.7. The molecule has 1 saturated heterocycles. The number of nitrogens with zero attached hydrogens (tertiary/aromatic N) is 4. The van der Waals surface area contributed by atoms with E-state index in [1.54, 1.807) is 18.4 Å². The van der Waals surface area contributed by atoms with Crippen molar-refractivity contribution in [1.29, 1.82) is 0 Å². The number of hydrogen-bond acceptors (Lipinski definition) is 5. The van der Waals surface area contributed by atoms with Gasteiger partial charge in [0.05, 0.1) is 30.2 Å². The number of hydrogen-bond donors (Lipinski definition) is 1. The van der Waals surface area contributed by atoms with Gasteiger partial charge in [-0.25, -0.2) is 13.5 Å². The normalized spacial score (nSPS) is 19.2. The molecule has 1 aliphatic rings. The summed E-state index contributed by atoms with van der Waals surface area (Å²) < 4.78 is 29.2. The Labute approximate surface area is 146 Å². The summed E-state index contributed by atoms with van der Waals surface area (Å²) in [5.41, 5.74) is 0.867. The summed E-state index contributed by atoms with van der Waals surface area (Å²) in [6.07, 6.45) is 0.937. The monoisotopic (exact) mass is 369 g/mol. The van der Waals surface area contributed by atoms with E-state index in [1.807, 2.05) is 0 Å². The highest BCUT2D eigenvalue weighted by atomic mass is 32.1. The maximum absolute atomic E-state index is 13.9. The molecule has 7 nitrogen and oxygen atoms in total. The first-order chi connectivity index (χ1) is 11.8. The number of carbonyl (C=O) groups is 2. The van der Waals surface area contributed by atoms with E-state index in [9.17, 15) is 18.4 Å². The number of likely N-dealkylation sites (tertiary alicyclic amines) is 1. The van der Waals surface area contributed by atoms with Gasteiger partial charge in [0.25, 0.3) is 17.7 Å². The minimum Gasteiger partial charge on any atom is -0.354 e. The van der Waals surface area contributed by atoms with Crippen LogP contribution in [0.3, 0.4) is 0 Å². The van der Waals surface area contributed by atoms with E-state index in [4.69, 9.17) is 0 Å². The molecule has 3 rings (SSSR count). The lowest BCUT2D eigenvalue weighted by molar-refractivity contribution is 0.0118. The molecule has 2 amide bonds. The molecule has 25 heavy (non-hydrogen) atoms. The maximum atomic E-state index is 13.9. The maximum Gasteiger partial charge on any atom is 0.273 e. The zero-order valence-corrected chi connectivity index (χ0v) is 14.5. The molecule has 2 aromatic rings. The lowest BCUT2D eigenvalue weighted by Gasteiger charge is -2.23. The molecule has 0 aromatic carbocycles. The van der Waals surface area contributed by atoms with Crippen molar-refractivity contribution in [3.8, 4) is 0 Å². The number of halogens is 2. The Balaban J connectivity index is 1.80. The topological polar surface area (TPSA) is 80.1 Å². The van der Waals surface area contributed by atoms with Crippen molar-refractivity contribution in [2.75, 3.05) is 13.6 Å². The van der Waals surface area contributed by atoms with E-state index in [0.29, 0.717) is 4.88 Å². The molecule has 1 aliphatic heterocycles. The lowest BCUT2D eigenvalue weighted by Crippen LogP contribution is -2.38. The highest BCUT2D eigenvalue weighted by Crippen LogP contribution is 2.34. The molecule has 134 valence electrons. The summed E-state index contributed by atoms with van der Waals surface area (Å²) >= 11 is 1.24. The van der Waals surface area contributed by atoms with Crippen LogP contribution in [-0.4, -0.2) is 57.3 Å². The molecule has 0 aliphatic carbocycles. The van der Waals surface area contributed by atoms with Crippen LogP contribution in [0.1, 0.15) is 32.1 Å². The van der Waals surface area contributed by atoms with E-state index in [2.05, 4.69) is 15.6 Å². The van der Waals surface area contributed by atoms with E-state index in [-0.39, 0.29) is 12.2 Å². The Bertz CT molecular complexity index is 803. The third-order valence-electron chi connectivity index (χ3n) is 4.09. The first-order valence-electron chi connectivity index (χ1n) is 7.66. The fourth-order valence-electron chi connectivity index (χ4n) is 2.86. The smallest absolute Gasteiger partial charge is 0.273 e. The summed E-state index contributed by atoms with van der Waals surface area (Å²) in [5, 5.41) is 11.7. The van der Waals surface area contributed by atoms with Crippen LogP contribution >= 0.6 is 11.3 Å². The molecule has 0 bridgehead atoms. The van der Waals surface area contributed by atoms with Crippen LogP contribution in [0.2, 0.25) is 0 Å². The Morgan fingerprint density at radius 2 is 2.24 bits per heavy atom. The number of carbonyl (C=O) groups excluding carboxylic acids is 2. The van der Waals surface area contributed by atoms with Gasteiger partial charge in [0.15, 0.2) is 5.69 Å². The van der Waals surface area contributed by atoms with Gasteiger partial charge in [-0.3, -0.25) is 9.59 Å². The Hall–Kier alpha value is -2.36.